The lowest BCUT2D eigenvalue weighted by atomic mass is 10.0. The van der Waals surface area contributed by atoms with Crippen LogP contribution in [0.5, 0.6) is 0 Å². The number of fused-ring (bicyclic) bond motifs is 1. The lowest BCUT2D eigenvalue weighted by molar-refractivity contribution is -0.197. The second-order valence-corrected chi connectivity index (χ2v) is 4.59. The van der Waals surface area contributed by atoms with Gasteiger partial charge in [-0.2, -0.15) is 0 Å². The molecule has 20 heavy (non-hydrogen) atoms. The summed E-state index contributed by atoms with van der Waals surface area (Å²) in [5.41, 5.74) is 0. The van der Waals surface area contributed by atoms with Crippen molar-refractivity contribution in [2.24, 2.45) is 0 Å². The third-order valence-electron chi connectivity index (χ3n) is 2.86. The molecular weight excluding hydrogens is 272 g/mol. The van der Waals surface area contributed by atoms with Gasteiger partial charge in [0.1, 0.15) is 12.7 Å². The normalized spacial score (nSPS) is 34.6. The number of ether oxygens (including phenoxy) is 5. The fraction of sp³-hybridized carbons (Fsp3) is 0.750. The second-order valence-electron chi connectivity index (χ2n) is 4.59. The van der Waals surface area contributed by atoms with Crippen LogP contribution in [0.15, 0.2) is 0 Å². The minimum absolute atomic E-state index is 0.113. The molecular formula is C12H16O8. The summed E-state index contributed by atoms with van der Waals surface area (Å²) >= 11 is 0. The first kappa shape index (κ1) is 14.7. The Kier molecular flexibility index (Phi) is 4.24. The van der Waals surface area contributed by atoms with E-state index >= 15 is 0 Å². The Bertz CT molecular complexity index is 420. The number of epoxide rings is 1. The highest BCUT2D eigenvalue weighted by molar-refractivity contribution is 5.68. The summed E-state index contributed by atoms with van der Waals surface area (Å²) in [5.74, 6) is -1.56. The van der Waals surface area contributed by atoms with Gasteiger partial charge >= 0.3 is 17.9 Å². The first-order chi connectivity index (χ1) is 9.38. The fourth-order valence-corrected chi connectivity index (χ4v) is 2.09. The van der Waals surface area contributed by atoms with Crippen LogP contribution in [-0.2, 0) is 38.1 Å². The monoisotopic (exact) mass is 288 g/mol. The zero-order valence-electron chi connectivity index (χ0n) is 11.4. The summed E-state index contributed by atoms with van der Waals surface area (Å²) in [6.07, 6.45) is -3.38. The van der Waals surface area contributed by atoms with Crippen LogP contribution in [0.25, 0.3) is 0 Å². The maximum atomic E-state index is 11.2. The molecule has 5 atom stereocenters. The molecule has 2 heterocycles. The quantitative estimate of drug-likeness (QED) is 0.389. The molecule has 2 aliphatic heterocycles. The highest BCUT2D eigenvalue weighted by Crippen LogP contribution is 2.38. The largest absolute Gasteiger partial charge is 0.463 e. The van der Waals surface area contributed by atoms with E-state index in [9.17, 15) is 14.4 Å². The van der Waals surface area contributed by atoms with E-state index in [0.717, 1.165) is 0 Å². The fourth-order valence-electron chi connectivity index (χ4n) is 2.09. The minimum Gasteiger partial charge on any atom is -0.463 e. The molecule has 8 nitrogen and oxygen atoms in total. The van der Waals surface area contributed by atoms with E-state index in [-0.39, 0.29) is 6.61 Å². The second kappa shape index (κ2) is 5.76. The molecule has 112 valence electrons. The predicted octanol–water partition coefficient (Wildman–Crippen LogP) is -0.463. The number of hydrogen-bond donors (Lipinski definition) is 0. The van der Waals surface area contributed by atoms with Crippen molar-refractivity contribution in [3.8, 4) is 0 Å². The maximum Gasteiger partial charge on any atom is 0.303 e. The van der Waals surface area contributed by atoms with E-state index in [1.807, 2.05) is 0 Å². The van der Waals surface area contributed by atoms with E-state index in [2.05, 4.69) is 0 Å². The molecule has 8 heteroatoms. The van der Waals surface area contributed by atoms with Crippen LogP contribution in [0.4, 0.5) is 0 Å². The number of rotatable bonds is 4. The van der Waals surface area contributed by atoms with Crippen molar-refractivity contribution in [2.45, 2.75) is 51.5 Å². The van der Waals surface area contributed by atoms with Crippen LogP contribution in [0.3, 0.4) is 0 Å². The van der Waals surface area contributed by atoms with E-state index in [1.165, 1.54) is 20.8 Å². The molecule has 1 unspecified atom stereocenters. The van der Waals surface area contributed by atoms with Crippen LogP contribution >= 0.6 is 0 Å². The van der Waals surface area contributed by atoms with Gasteiger partial charge in [-0.05, 0) is 0 Å². The van der Waals surface area contributed by atoms with Gasteiger partial charge in [-0.1, -0.05) is 0 Å². The van der Waals surface area contributed by atoms with Crippen LogP contribution < -0.4 is 0 Å². The molecule has 0 amide bonds. The van der Waals surface area contributed by atoms with Crippen LogP contribution in [0.2, 0.25) is 0 Å². The van der Waals surface area contributed by atoms with Gasteiger partial charge in [-0.25, -0.2) is 0 Å². The number of carbonyl (C=O) groups excluding carboxylic acids is 3. The van der Waals surface area contributed by atoms with Crippen LogP contribution in [0.1, 0.15) is 20.8 Å². The molecule has 2 fully saturated rings. The van der Waals surface area contributed by atoms with Crippen LogP contribution in [0, 0.1) is 0 Å². The first-order valence-corrected chi connectivity index (χ1v) is 6.17. The van der Waals surface area contributed by atoms with Gasteiger partial charge in [0.25, 0.3) is 0 Å². The third kappa shape index (κ3) is 3.45. The zero-order chi connectivity index (χ0) is 14.9. The van der Waals surface area contributed by atoms with Gasteiger partial charge in [0.05, 0.1) is 0 Å². The smallest absolute Gasteiger partial charge is 0.303 e. The van der Waals surface area contributed by atoms with Crippen LogP contribution in [-0.4, -0.2) is 55.2 Å². The van der Waals surface area contributed by atoms with Gasteiger partial charge in [-0.3, -0.25) is 14.4 Å². The molecule has 0 aromatic carbocycles. The van der Waals surface area contributed by atoms with Crippen molar-refractivity contribution >= 4 is 17.9 Å². The van der Waals surface area contributed by atoms with Crippen molar-refractivity contribution in [2.75, 3.05) is 6.61 Å². The van der Waals surface area contributed by atoms with E-state index in [0.29, 0.717) is 0 Å². The van der Waals surface area contributed by atoms with Crippen molar-refractivity contribution in [1.82, 2.24) is 0 Å². The highest BCUT2D eigenvalue weighted by atomic mass is 16.8. The molecule has 0 radical (unpaired) electrons. The van der Waals surface area contributed by atoms with Gasteiger partial charge in [0.15, 0.2) is 24.6 Å². The summed E-state index contributed by atoms with van der Waals surface area (Å²) in [7, 11) is 0. The van der Waals surface area contributed by atoms with Crippen molar-refractivity contribution < 1.29 is 38.1 Å². The Morgan fingerprint density at radius 1 is 0.900 bits per heavy atom. The molecule has 0 bridgehead atoms. The van der Waals surface area contributed by atoms with E-state index in [4.69, 9.17) is 23.7 Å². The van der Waals surface area contributed by atoms with E-state index in [1.54, 1.807) is 0 Å². The first-order valence-electron chi connectivity index (χ1n) is 6.17. The molecule has 0 aromatic heterocycles. The molecule has 0 N–H and O–H groups in total. The Labute approximate surface area is 115 Å². The number of carbonyl (C=O) groups is 3. The number of hydrogen-bond acceptors (Lipinski definition) is 8. The topological polar surface area (TPSA) is 101 Å². The van der Waals surface area contributed by atoms with Gasteiger partial charge in [0.2, 0.25) is 0 Å². The van der Waals surface area contributed by atoms with Crippen molar-refractivity contribution in [3.63, 3.8) is 0 Å². The lowest BCUT2D eigenvalue weighted by Gasteiger charge is -2.33. The average Bonchev–Trinajstić information content (AvgIpc) is 3.07. The minimum atomic E-state index is -0.875. The summed E-state index contributed by atoms with van der Waals surface area (Å²) in [6.45, 7) is 3.62. The summed E-state index contributed by atoms with van der Waals surface area (Å²) in [5, 5.41) is 0. The van der Waals surface area contributed by atoms with E-state index < -0.39 is 48.6 Å². The van der Waals surface area contributed by atoms with Gasteiger partial charge < -0.3 is 23.7 Å². The molecule has 0 aromatic rings. The molecule has 2 aliphatic rings. The number of esters is 3. The Morgan fingerprint density at radius 3 is 2.05 bits per heavy atom. The summed E-state index contributed by atoms with van der Waals surface area (Å²) < 4.78 is 25.8. The zero-order valence-corrected chi connectivity index (χ0v) is 11.4. The molecule has 0 spiro atoms. The molecule has 0 saturated carbocycles. The summed E-state index contributed by atoms with van der Waals surface area (Å²) in [6, 6.07) is 0. The van der Waals surface area contributed by atoms with Gasteiger partial charge in [-0.15, -0.1) is 0 Å². The molecule has 2 rings (SSSR count). The van der Waals surface area contributed by atoms with Gasteiger partial charge in [0, 0.05) is 20.8 Å². The predicted molar refractivity (Wildman–Crippen MR) is 61.3 cm³/mol. The van der Waals surface area contributed by atoms with Crippen molar-refractivity contribution in [3.05, 3.63) is 0 Å². The SMILES string of the molecule is CC(=O)OC[C@H]1OC2O[C@@H]2[C@@H](OC(C)=O)[C@H]1OC(C)=O. The average molecular weight is 288 g/mol. The standard InChI is InChI=1S/C12H16O8/c1-5(13)16-4-8-9(17-6(2)14)10(18-7(3)15)11-12(19-8)20-11/h8-12H,4H2,1-3H3/t8-,9+,10+,11-,12?/m1/s1. The third-order valence-corrected chi connectivity index (χ3v) is 2.86. The summed E-state index contributed by atoms with van der Waals surface area (Å²) in [4.78, 5) is 33.2. The molecule has 0 aliphatic carbocycles. The Hall–Kier alpha value is -1.67. The highest BCUT2D eigenvalue weighted by Gasteiger charge is 2.60. The maximum absolute atomic E-state index is 11.2. The Morgan fingerprint density at radius 2 is 1.50 bits per heavy atom. The van der Waals surface area contributed by atoms with Crippen molar-refractivity contribution in [1.29, 1.82) is 0 Å². The Balaban J connectivity index is 2.09. The molecule has 2 saturated heterocycles. The lowest BCUT2D eigenvalue weighted by Crippen LogP contribution is -2.53.